The summed E-state index contributed by atoms with van der Waals surface area (Å²) in [5.41, 5.74) is 0. The molecule has 1 aliphatic rings. The molecule has 98 valence electrons. The van der Waals surface area contributed by atoms with Crippen LogP contribution in [0.15, 0.2) is 0 Å². The summed E-state index contributed by atoms with van der Waals surface area (Å²) in [5.74, 6) is 0.437. The fourth-order valence-electron chi connectivity index (χ4n) is 1.80. The summed E-state index contributed by atoms with van der Waals surface area (Å²) in [5, 5.41) is 9.04. The van der Waals surface area contributed by atoms with E-state index in [0.717, 1.165) is 0 Å². The second-order valence-electron chi connectivity index (χ2n) is 4.54. The first kappa shape index (κ1) is 14.2. The number of nitrogens with zero attached hydrogens (tertiary/aromatic N) is 2. The highest BCUT2D eigenvalue weighted by Crippen LogP contribution is 2.22. The molecular formula is C11H20N2O3S. The Balaban J connectivity index is 2.69. The van der Waals surface area contributed by atoms with E-state index >= 15 is 0 Å². The second kappa shape index (κ2) is 6.14. The Morgan fingerprint density at radius 2 is 2.18 bits per heavy atom. The summed E-state index contributed by atoms with van der Waals surface area (Å²) in [6.45, 7) is 7.29. The smallest absolute Gasteiger partial charge is 0.327 e. The third-order valence-corrected chi connectivity index (χ3v) is 3.66. The van der Waals surface area contributed by atoms with E-state index < -0.39 is 12.0 Å². The predicted molar refractivity (Wildman–Crippen MR) is 68.1 cm³/mol. The van der Waals surface area contributed by atoms with E-state index in [4.69, 9.17) is 5.11 Å². The van der Waals surface area contributed by atoms with Gasteiger partial charge in [-0.05, 0) is 12.8 Å². The average Bonchev–Trinajstić information content (AvgIpc) is 2.73. The van der Waals surface area contributed by atoms with Crippen LogP contribution in [0.4, 0.5) is 4.79 Å². The highest BCUT2D eigenvalue weighted by Gasteiger charge is 2.36. The molecule has 0 aromatic heterocycles. The predicted octanol–water partition coefficient (Wildman–Crippen LogP) is 1.54. The van der Waals surface area contributed by atoms with E-state index in [9.17, 15) is 9.59 Å². The van der Waals surface area contributed by atoms with Crippen molar-refractivity contribution < 1.29 is 14.7 Å². The van der Waals surface area contributed by atoms with Crippen molar-refractivity contribution in [2.45, 2.75) is 26.8 Å². The molecular weight excluding hydrogens is 240 g/mol. The van der Waals surface area contributed by atoms with Crippen molar-refractivity contribution >= 4 is 23.8 Å². The first-order valence-corrected chi connectivity index (χ1v) is 6.98. The summed E-state index contributed by atoms with van der Waals surface area (Å²) < 4.78 is 0. The third-order valence-electron chi connectivity index (χ3n) is 2.65. The van der Waals surface area contributed by atoms with Crippen LogP contribution in [-0.2, 0) is 4.79 Å². The minimum absolute atomic E-state index is 0.154. The Hall–Kier alpha value is -0.910. The van der Waals surface area contributed by atoms with Gasteiger partial charge in [-0.15, -0.1) is 11.8 Å². The number of hydrogen-bond donors (Lipinski definition) is 1. The van der Waals surface area contributed by atoms with E-state index in [1.54, 1.807) is 4.90 Å². The van der Waals surface area contributed by atoms with Gasteiger partial charge in [0.15, 0.2) is 0 Å². The number of carboxylic acid groups (broad SMARTS) is 1. The Kier molecular flexibility index (Phi) is 5.11. The van der Waals surface area contributed by atoms with Gasteiger partial charge in [0.05, 0.1) is 5.88 Å². The van der Waals surface area contributed by atoms with Crippen molar-refractivity contribution in [3.05, 3.63) is 0 Å². The number of rotatable bonds is 4. The van der Waals surface area contributed by atoms with Crippen LogP contribution < -0.4 is 0 Å². The molecule has 6 heteroatoms. The first-order valence-electron chi connectivity index (χ1n) is 5.83. The van der Waals surface area contributed by atoms with E-state index in [2.05, 4.69) is 0 Å². The zero-order valence-electron chi connectivity index (χ0n) is 10.5. The number of aliphatic carboxylic acids is 1. The Morgan fingerprint density at radius 3 is 2.65 bits per heavy atom. The normalized spacial score (nSPS) is 19.8. The minimum atomic E-state index is -0.913. The van der Waals surface area contributed by atoms with Gasteiger partial charge < -0.3 is 14.9 Å². The molecule has 1 N–H and O–H groups in total. The monoisotopic (exact) mass is 260 g/mol. The zero-order chi connectivity index (χ0) is 13.0. The first-order chi connectivity index (χ1) is 7.97. The SMILES string of the molecule is CCN(CC(C)C)C(=O)N1CSCC1C(=O)O. The number of hydrogen-bond acceptors (Lipinski definition) is 3. The van der Waals surface area contributed by atoms with Crippen molar-refractivity contribution in [3.63, 3.8) is 0 Å². The van der Waals surface area contributed by atoms with Gasteiger partial charge in [0, 0.05) is 18.8 Å². The fourth-order valence-corrected chi connectivity index (χ4v) is 2.94. The maximum atomic E-state index is 12.2. The Bertz CT molecular complexity index is 296. The van der Waals surface area contributed by atoms with Crippen LogP contribution in [0.2, 0.25) is 0 Å². The minimum Gasteiger partial charge on any atom is -0.480 e. The number of amides is 2. The highest BCUT2D eigenvalue weighted by atomic mass is 32.2. The lowest BCUT2D eigenvalue weighted by atomic mass is 10.2. The van der Waals surface area contributed by atoms with Gasteiger partial charge in [-0.3, -0.25) is 0 Å². The van der Waals surface area contributed by atoms with Crippen LogP contribution in [0.25, 0.3) is 0 Å². The van der Waals surface area contributed by atoms with Crippen molar-refractivity contribution in [3.8, 4) is 0 Å². The largest absolute Gasteiger partial charge is 0.480 e. The summed E-state index contributed by atoms with van der Waals surface area (Å²) >= 11 is 1.49. The molecule has 0 aliphatic carbocycles. The second-order valence-corrected chi connectivity index (χ2v) is 5.54. The molecule has 1 saturated heterocycles. The van der Waals surface area contributed by atoms with Crippen LogP contribution in [0, 0.1) is 5.92 Å². The summed E-state index contributed by atoms with van der Waals surface area (Å²) in [7, 11) is 0. The molecule has 5 nitrogen and oxygen atoms in total. The quantitative estimate of drug-likeness (QED) is 0.833. The average molecular weight is 260 g/mol. The van der Waals surface area contributed by atoms with E-state index in [1.165, 1.54) is 16.7 Å². The molecule has 2 amide bonds. The topological polar surface area (TPSA) is 60.9 Å². The molecule has 0 saturated carbocycles. The molecule has 1 atom stereocenters. The molecule has 0 aromatic rings. The standard InChI is InChI=1S/C11H20N2O3S/c1-4-12(5-8(2)3)11(16)13-7-17-6-9(13)10(14)15/h8-9H,4-7H2,1-3H3,(H,14,15). The van der Waals surface area contributed by atoms with E-state index in [-0.39, 0.29) is 6.03 Å². The van der Waals surface area contributed by atoms with Crippen LogP contribution in [0.5, 0.6) is 0 Å². The van der Waals surface area contributed by atoms with Crippen molar-refractivity contribution in [2.75, 3.05) is 24.7 Å². The fraction of sp³-hybridized carbons (Fsp3) is 0.818. The van der Waals surface area contributed by atoms with Gasteiger partial charge in [-0.2, -0.15) is 0 Å². The zero-order valence-corrected chi connectivity index (χ0v) is 11.4. The molecule has 0 radical (unpaired) electrons. The van der Waals surface area contributed by atoms with Gasteiger partial charge in [-0.1, -0.05) is 13.8 Å². The molecule has 1 rings (SSSR count). The van der Waals surface area contributed by atoms with E-state index in [1.807, 2.05) is 20.8 Å². The maximum absolute atomic E-state index is 12.2. The number of carboxylic acids is 1. The van der Waals surface area contributed by atoms with Crippen molar-refractivity contribution in [1.82, 2.24) is 9.80 Å². The molecule has 1 unspecified atom stereocenters. The molecule has 0 aromatic carbocycles. The number of carbonyl (C=O) groups excluding carboxylic acids is 1. The number of urea groups is 1. The third kappa shape index (κ3) is 3.52. The summed E-state index contributed by atoms with van der Waals surface area (Å²) in [6, 6.07) is -0.827. The van der Waals surface area contributed by atoms with Gasteiger partial charge in [0.25, 0.3) is 0 Å². The Labute approximate surface area is 106 Å². The van der Waals surface area contributed by atoms with Crippen molar-refractivity contribution in [2.24, 2.45) is 5.92 Å². The molecule has 0 bridgehead atoms. The number of thioether (sulfide) groups is 1. The molecule has 1 fully saturated rings. The van der Waals surface area contributed by atoms with Gasteiger partial charge in [0.1, 0.15) is 6.04 Å². The maximum Gasteiger partial charge on any atom is 0.327 e. The molecule has 0 spiro atoms. The lowest BCUT2D eigenvalue weighted by molar-refractivity contribution is -0.140. The molecule has 17 heavy (non-hydrogen) atoms. The van der Waals surface area contributed by atoms with Crippen LogP contribution in [-0.4, -0.2) is 57.7 Å². The van der Waals surface area contributed by atoms with Crippen LogP contribution >= 0.6 is 11.8 Å². The van der Waals surface area contributed by atoms with Crippen LogP contribution in [0.1, 0.15) is 20.8 Å². The van der Waals surface area contributed by atoms with Gasteiger partial charge in [-0.25, -0.2) is 9.59 Å². The summed E-state index contributed by atoms with van der Waals surface area (Å²) in [6.07, 6.45) is 0. The number of carbonyl (C=O) groups is 2. The van der Waals surface area contributed by atoms with Gasteiger partial charge in [0.2, 0.25) is 0 Å². The molecule has 1 aliphatic heterocycles. The Morgan fingerprint density at radius 1 is 1.53 bits per heavy atom. The van der Waals surface area contributed by atoms with Crippen molar-refractivity contribution in [1.29, 1.82) is 0 Å². The van der Waals surface area contributed by atoms with Crippen LogP contribution in [0.3, 0.4) is 0 Å². The lowest BCUT2D eigenvalue weighted by Crippen LogP contribution is -2.49. The van der Waals surface area contributed by atoms with E-state index in [0.29, 0.717) is 30.6 Å². The molecule has 1 heterocycles. The highest BCUT2D eigenvalue weighted by molar-refractivity contribution is 7.99. The van der Waals surface area contributed by atoms with Gasteiger partial charge >= 0.3 is 12.0 Å². The summed E-state index contributed by atoms with van der Waals surface area (Å²) in [4.78, 5) is 26.4. The lowest BCUT2D eigenvalue weighted by Gasteiger charge is -2.30.